The van der Waals surface area contributed by atoms with Crippen LogP contribution in [0.4, 0.5) is 0 Å². The van der Waals surface area contributed by atoms with E-state index in [1.54, 1.807) is 0 Å². The van der Waals surface area contributed by atoms with Crippen LogP contribution in [0, 0.1) is 5.92 Å². The molecule has 1 aliphatic heterocycles. The van der Waals surface area contributed by atoms with Gasteiger partial charge in [-0.25, -0.2) is 0 Å². The molecule has 0 spiro atoms. The Labute approximate surface area is 137 Å². The lowest BCUT2D eigenvalue weighted by Crippen LogP contribution is -2.39. The molecule has 1 aliphatic rings. The van der Waals surface area contributed by atoms with Crippen LogP contribution in [-0.4, -0.2) is 40.4 Å². The third-order valence-electron chi connectivity index (χ3n) is 4.14. The summed E-state index contributed by atoms with van der Waals surface area (Å²) in [7, 11) is 2.06. The number of rotatable bonds is 7. The lowest BCUT2D eigenvalue weighted by Gasteiger charge is -2.27. The molecule has 1 fully saturated rings. The highest BCUT2D eigenvalue weighted by Crippen LogP contribution is 2.23. The van der Waals surface area contributed by atoms with E-state index < -0.39 is 0 Å². The van der Waals surface area contributed by atoms with Crippen LogP contribution < -0.4 is 5.32 Å². The van der Waals surface area contributed by atoms with E-state index in [4.69, 9.17) is 0 Å². The average Bonchev–Trinajstić information content (AvgIpc) is 3.01. The summed E-state index contributed by atoms with van der Waals surface area (Å²) < 4.78 is 3.24. The molecule has 1 saturated heterocycles. The van der Waals surface area contributed by atoms with E-state index in [1.165, 1.54) is 29.6 Å². The Bertz CT molecular complexity index is 449. The Morgan fingerprint density at radius 1 is 1.48 bits per heavy atom. The quantitative estimate of drug-likeness (QED) is 0.815. The van der Waals surface area contributed by atoms with Crippen LogP contribution >= 0.6 is 15.9 Å². The minimum absolute atomic E-state index is 0.654. The molecule has 1 unspecified atom stereocenters. The lowest BCUT2D eigenvalue weighted by molar-refractivity contribution is 0.211. The Morgan fingerprint density at radius 3 is 2.76 bits per heavy atom. The number of nitrogens with zero attached hydrogens (tertiary/aromatic N) is 3. The molecule has 4 nitrogen and oxygen atoms in total. The molecule has 0 aromatic carbocycles. The van der Waals surface area contributed by atoms with Crippen molar-refractivity contribution in [1.29, 1.82) is 0 Å². The van der Waals surface area contributed by atoms with Gasteiger partial charge in [0.1, 0.15) is 0 Å². The molecule has 0 amide bonds. The Kier molecular flexibility index (Phi) is 6.26. The summed E-state index contributed by atoms with van der Waals surface area (Å²) >= 11 is 3.74. The van der Waals surface area contributed by atoms with Gasteiger partial charge < -0.3 is 5.32 Å². The molecule has 0 radical (unpaired) electrons. The van der Waals surface area contributed by atoms with Crippen molar-refractivity contribution >= 4 is 15.9 Å². The van der Waals surface area contributed by atoms with Gasteiger partial charge in [-0.05, 0) is 47.7 Å². The normalized spacial score (nSPS) is 19.1. The Morgan fingerprint density at radius 2 is 2.24 bits per heavy atom. The van der Waals surface area contributed by atoms with Crippen LogP contribution in [-0.2, 0) is 20.0 Å². The van der Waals surface area contributed by atoms with E-state index in [1.807, 2.05) is 4.68 Å². The predicted molar refractivity (Wildman–Crippen MR) is 91.4 cm³/mol. The fourth-order valence-corrected chi connectivity index (χ4v) is 3.89. The molecule has 0 bridgehead atoms. The number of halogens is 1. The van der Waals surface area contributed by atoms with Crippen LogP contribution in [0.2, 0.25) is 0 Å². The highest BCUT2D eigenvalue weighted by Gasteiger charge is 2.21. The maximum Gasteiger partial charge on any atom is 0.0767 e. The average molecular weight is 357 g/mol. The Balaban J connectivity index is 2.08. The number of nitrogens with one attached hydrogen (secondary N) is 1. The summed E-state index contributed by atoms with van der Waals surface area (Å²) in [5, 5.41) is 8.24. The molecule has 1 aromatic heterocycles. The predicted octanol–water partition coefficient (Wildman–Crippen LogP) is 2.96. The van der Waals surface area contributed by atoms with Crippen LogP contribution in [0.15, 0.2) is 4.47 Å². The number of hydrogen-bond acceptors (Lipinski definition) is 3. The van der Waals surface area contributed by atoms with E-state index in [9.17, 15) is 0 Å². The molecule has 2 heterocycles. The van der Waals surface area contributed by atoms with Crippen LogP contribution in [0.3, 0.4) is 0 Å². The minimum Gasteiger partial charge on any atom is -0.313 e. The van der Waals surface area contributed by atoms with Gasteiger partial charge in [-0.1, -0.05) is 20.8 Å². The number of aromatic nitrogens is 2. The standard InChI is InChI=1S/C16H29BrN4/c1-5-14-16(17)15(20(4)19-14)11-21(9-12(2)3)10-13-7-6-8-18-13/h12-13,18H,5-11H2,1-4H3. The first-order valence-electron chi connectivity index (χ1n) is 8.17. The molecule has 1 N–H and O–H groups in total. The van der Waals surface area contributed by atoms with Gasteiger partial charge in [0, 0.05) is 32.7 Å². The van der Waals surface area contributed by atoms with Crippen molar-refractivity contribution in [3.8, 4) is 0 Å². The summed E-state index contributed by atoms with van der Waals surface area (Å²) in [5.74, 6) is 0.684. The molecule has 5 heteroatoms. The van der Waals surface area contributed by atoms with Gasteiger partial charge in [0.15, 0.2) is 0 Å². The van der Waals surface area contributed by atoms with Crippen molar-refractivity contribution in [3.63, 3.8) is 0 Å². The first-order valence-corrected chi connectivity index (χ1v) is 8.96. The van der Waals surface area contributed by atoms with E-state index >= 15 is 0 Å². The Hall–Kier alpha value is -0.390. The van der Waals surface area contributed by atoms with E-state index in [-0.39, 0.29) is 0 Å². The monoisotopic (exact) mass is 356 g/mol. The van der Waals surface area contributed by atoms with Gasteiger partial charge in [-0.15, -0.1) is 0 Å². The third kappa shape index (κ3) is 4.54. The molecule has 0 aliphatic carbocycles. The highest BCUT2D eigenvalue weighted by atomic mass is 79.9. The minimum atomic E-state index is 0.654. The van der Waals surface area contributed by atoms with E-state index in [0.29, 0.717) is 12.0 Å². The molecular formula is C16H29BrN4. The summed E-state index contributed by atoms with van der Waals surface area (Å²) in [5.41, 5.74) is 2.46. The fourth-order valence-electron chi connectivity index (χ4n) is 3.15. The largest absolute Gasteiger partial charge is 0.313 e. The first kappa shape index (κ1) is 17.0. The van der Waals surface area contributed by atoms with Gasteiger partial charge in [0.05, 0.1) is 15.9 Å². The third-order valence-corrected chi connectivity index (χ3v) is 5.06. The fraction of sp³-hybridized carbons (Fsp3) is 0.812. The molecule has 2 rings (SSSR count). The molecule has 1 aromatic rings. The van der Waals surface area contributed by atoms with Crippen molar-refractivity contribution < 1.29 is 0 Å². The lowest BCUT2D eigenvalue weighted by atomic mass is 10.1. The van der Waals surface area contributed by atoms with Gasteiger partial charge in [-0.3, -0.25) is 9.58 Å². The topological polar surface area (TPSA) is 33.1 Å². The van der Waals surface area contributed by atoms with E-state index in [0.717, 1.165) is 31.7 Å². The van der Waals surface area contributed by atoms with Gasteiger partial charge >= 0.3 is 0 Å². The van der Waals surface area contributed by atoms with Crippen LogP contribution in [0.1, 0.15) is 45.0 Å². The molecule has 1 atom stereocenters. The van der Waals surface area contributed by atoms with Crippen molar-refractivity contribution in [2.75, 3.05) is 19.6 Å². The number of hydrogen-bond donors (Lipinski definition) is 1. The zero-order valence-electron chi connectivity index (χ0n) is 13.8. The molecular weight excluding hydrogens is 328 g/mol. The molecule has 21 heavy (non-hydrogen) atoms. The van der Waals surface area contributed by atoms with Crippen molar-refractivity contribution in [2.45, 2.75) is 52.6 Å². The summed E-state index contributed by atoms with van der Waals surface area (Å²) in [4.78, 5) is 2.58. The van der Waals surface area contributed by atoms with Crippen molar-refractivity contribution in [1.82, 2.24) is 20.0 Å². The first-order chi connectivity index (χ1) is 10.0. The summed E-state index contributed by atoms with van der Waals surface area (Å²) in [6.07, 6.45) is 3.60. The highest BCUT2D eigenvalue weighted by molar-refractivity contribution is 9.10. The maximum atomic E-state index is 4.62. The second-order valence-electron chi connectivity index (χ2n) is 6.57. The zero-order chi connectivity index (χ0) is 15.4. The zero-order valence-corrected chi connectivity index (χ0v) is 15.4. The SMILES string of the molecule is CCc1nn(C)c(CN(CC(C)C)CC2CCCN2)c1Br. The van der Waals surface area contributed by atoms with Gasteiger partial charge in [0.2, 0.25) is 0 Å². The molecule has 0 saturated carbocycles. The van der Waals surface area contributed by atoms with Crippen LogP contribution in [0.25, 0.3) is 0 Å². The summed E-state index contributed by atoms with van der Waals surface area (Å²) in [6.45, 7) is 11.2. The van der Waals surface area contributed by atoms with E-state index in [2.05, 4.69) is 59.1 Å². The van der Waals surface area contributed by atoms with Crippen molar-refractivity contribution in [2.24, 2.45) is 13.0 Å². The van der Waals surface area contributed by atoms with Crippen molar-refractivity contribution in [3.05, 3.63) is 15.9 Å². The van der Waals surface area contributed by atoms with Crippen LogP contribution in [0.5, 0.6) is 0 Å². The van der Waals surface area contributed by atoms with Gasteiger partial charge in [-0.2, -0.15) is 5.10 Å². The second kappa shape index (κ2) is 7.75. The smallest absolute Gasteiger partial charge is 0.0767 e. The maximum absolute atomic E-state index is 4.62. The number of aryl methyl sites for hydroxylation is 2. The summed E-state index contributed by atoms with van der Waals surface area (Å²) in [6, 6.07) is 0.654. The second-order valence-corrected chi connectivity index (χ2v) is 7.36. The molecule has 120 valence electrons. The van der Waals surface area contributed by atoms with Gasteiger partial charge in [0.25, 0.3) is 0 Å².